The monoisotopic (exact) mass is 516 g/mol. The van der Waals surface area contributed by atoms with Gasteiger partial charge in [-0.15, -0.1) is 11.3 Å². The molecule has 0 radical (unpaired) electrons. The lowest BCUT2D eigenvalue weighted by Gasteiger charge is -2.19. The Morgan fingerprint density at radius 3 is 2.84 bits per heavy atom. The molecule has 0 unspecified atom stereocenters. The van der Waals surface area contributed by atoms with Crippen LogP contribution in [-0.4, -0.2) is 30.1 Å². The molecule has 188 valence electrons. The van der Waals surface area contributed by atoms with E-state index in [-0.39, 0.29) is 34.7 Å². The highest BCUT2D eigenvalue weighted by atomic mass is 32.1. The van der Waals surface area contributed by atoms with Crippen molar-refractivity contribution in [2.24, 2.45) is 0 Å². The molecule has 2 heterocycles. The van der Waals surface area contributed by atoms with Crippen LogP contribution in [0.3, 0.4) is 0 Å². The van der Waals surface area contributed by atoms with Crippen LogP contribution in [0.1, 0.15) is 18.1 Å². The van der Waals surface area contributed by atoms with Gasteiger partial charge < -0.3 is 15.5 Å². The minimum Gasteiger partial charge on any atom is -0.371 e. The number of aromatic nitrogens is 1. The van der Waals surface area contributed by atoms with Crippen LogP contribution in [-0.2, 0) is 24.2 Å². The summed E-state index contributed by atoms with van der Waals surface area (Å²) in [7, 11) is 0. The molecule has 1 amide bonds. The zero-order chi connectivity index (χ0) is 26.4. The first-order chi connectivity index (χ1) is 17.9. The molecule has 0 spiro atoms. The summed E-state index contributed by atoms with van der Waals surface area (Å²) in [6, 6.07) is 16.5. The number of fused-ring (bicyclic) bond motifs is 1. The van der Waals surface area contributed by atoms with E-state index in [9.17, 15) is 19.2 Å². The SMILES string of the molecule is CCn1c(=O)/c(=C\Nc2cccc(CCN3CCc4cc(F)ccc43)c2)s/c1=C(/C#N)C(=O)NCC#N. The minimum absolute atomic E-state index is 0.202. The van der Waals surface area contributed by atoms with E-state index < -0.39 is 5.91 Å². The van der Waals surface area contributed by atoms with Crippen LogP contribution in [0.2, 0.25) is 0 Å². The Balaban J connectivity index is 1.53. The largest absolute Gasteiger partial charge is 0.371 e. The Labute approximate surface area is 217 Å². The first-order valence-corrected chi connectivity index (χ1v) is 12.6. The molecule has 0 saturated carbocycles. The van der Waals surface area contributed by atoms with Crippen molar-refractivity contribution in [3.05, 3.63) is 79.0 Å². The number of rotatable bonds is 8. The van der Waals surface area contributed by atoms with Crippen LogP contribution < -0.4 is 30.3 Å². The Hall–Kier alpha value is -4.41. The van der Waals surface area contributed by atoms with E-state index >= 15 is 0 Å². The number of amides is 1. The average molecular weight is 517 g/mol. The molecule has 0 saturated heterocycles. The van der Waals surface area contributed by atoms with Gasteiger partial charge in [0.2, 0.25) is 0 Å². The van der Waals surface area contributed by atoms with Gasteiger partial charge in [0.25, 0.3) is 11.5 Å². The predicted octanol–water partition coefficient (Wildman–Crippen LogP) is 1.84. The maximum Gasteiger partial charge on any atom is 0.270 e. The number of anilines is 2. The van der Waals surface area contributed by atoms with Crippen LogP contribution in [0.5, 0.6) is 0 Å². The molecule has 1 aromatic heterocycles. The van der Waals surface area contributed by atoms with Crippen molar-refractivity contribution in [2.75, 3.05) is 29.9 Å². The second kappa shape index (κ2) is 11.5. The second-order valence-electron chi connectivity index (χ2n) is 8.40. The predicted molar refractivity (Wildman–Crippen MR) is 142 cm³/mol. The van der Waals surface area contributed by atoms with Crippen molar-refractivity contribution in [1.82, 2.24) is 9.88 Å². The van der Waals surface area contributed by atoms with Gasteiger partial charge in [-0.25, -0.2) is 4.39 Å². The van der Waals surface area contributed by atoms with Crippen molar-refractivity contribution in [1.29, 1.82) is 10.5 Å². The van der Waals surface area contributed by atoms with E-state index in [1.54, 1.807) is 25.3 Å². The molecule has 37 heavy (non-hydrogen) atoms. The van der Waals surface area contributed by atoms with Gasteiger partial charge in [0.05, 0.1) is 6.07 Å². The first-order valence-electron chi connectivity index (χ1n) is 11.8. The molecule has 2 aromatic carbocycles. The molecule has 3 aromatic rings. The summed E-state index contributed by atoms with van der Waals surface area (Å²) in [6.45, 7) is 3.49. The van der Waals surface area contributed by atoms with Crippen molar-refractivity contribution in [3.63, 3.8) is 0 Å². The molecule has 8 nitrogen and oxygen atoms in total. The lowest BCUT2D eigenvalue weighted by atomic mass is 10.1. The van der Waals surface area contributed by atoms with Crippen LogP contribution in [0.25, 0.3) is 11.8 Å². The van der Waals surface area contributed by atoms with Crippen molar-refractivity contribution >= 4 is 40.4 Å². The molecular formula is C27H25FN6O2S. The number of hydrogen-bond donors (Lipinski definition) is 2. The quantitative estimate of drug-likeness (QED) is 0.442. The summed E-state index contributed by atoms with van der Waals surface area (Å²) in [5, 5.41) is 23.7. The van der Waals surface area contributed by atoms with Gasteiger partial charge in [0.15, 0.2) is 5.57 Å². The summed E-state index contributed by atoms with van der Waals surface area (Å²) in [5.41, 5.74) is 3.52. The third kappa shape index (κ3) is 5.71. The summed E-state index contributed by atoms with van der Waals surface area (Å²) < 4.78 is 15.5. The molecular weight excluding hydrogens is 491 g/mol. The van der Waals surface area contributed by atoms with Crippen molar-refractivity contribution in [3.8, 4) is 12.1 Å². The van der Waals surface area contributed by atoms with Gasteiger partial charge >= 0.3 is 0 Å². The molecule has 1 aliphatic rings. The summed E-state index contributed by atoms with van der Waals surface area (Å²) in [5.74, 6) is -0.895. The number of nitrogens with zero attached hydrogens (tertiary/aromatic N) is 4. The minimum atomic E-state index is -0.689. The van der Waals surface area contributed by atoms with Gasteiger partial charge in [0, 0.05) is 37.2 Å². The lowest BCUT2D eigenvalue weighted by molar-refractivity contribution is -0.115. The Morgan fingerprint density at radius 2 is 2.08 bits per heavy atom. The fraction of sp³-hybridized carbons (Fsp3) is 0.259. The fourth-order valence-corrected chi connectivity index (χ4v) is 5.38. The molecule has 10 heteroatoms. The maximum atomic E-state index is 13.5. The first kappa shape index (κ1) is 25.7. The van der Waals surface area contributed by atoms with Crippen molar-refractivity contribution < 1.29 is 9.18 Å². The Bertz CT molecular complexity index is 1590. The zero-order valence-electron chi connectivity index (χ0n) is 20.3. The number of carbonyl (C=O) groups excluding carboxylic acids is 1. The number of nitriles is 2. The average Bonchev–Trinajstić information content (AvgIpc) is 3.45. The molecule has 2 N–H and O–H groups in total. The molecule has 0 atom stereocenters. The van der Waals surface area contributed by atoms with Gasteiger partial charge in [-0.3, -0.25) is 14.2 Å². The van der Waals surface area contributed by atoms with E-state index in [0.717, 1.165) is 59.8 Å². The number of hydrogen-bond acceptors (Lipinski definition) is 7. The van der Waals surface area contributed by atoms with Crippen LogP contribution in [0, 0.1) is 28.5 Å². The normalized spacial score (nSPS) is 13.5. The topological polar surface area (TPSA) is 114 Å². The van der Waals surface area contributed by atoms with Gasteiger partial charge in [-0.2, -0.15) is 10.5 Å². The molecule has 1 aliphatic heterocycles. The van der Waals surface area contributed by atoms with E-state index in [2.05, 4.69) is 15.5 Å². The molecule has 0 aliphatic carbocycles. The van der Waals surface area contributed by atoms with Gasteiger partial charge in [0.1, 0.15) is 27.6 Å². The fourth-order valence-electron chi connectivity index (χ4n) is 4.30. The number of carbonyl (C=O) groups is 1. The maximum absolute atomic E-state index is 13.5. The van der Waals surface area contributed by atoms with E-state index in [1.807, 2.05) is 36.4 Å². The Kier molecular flexibility index (Phi) is 8.02. The van der Waals surface area contributed by atoms with Gasteiger partial charge in [-0.1, -0.05) is 12.1 Å². The van der Waals surface area contributed by atoms with E-state index in [1.165, 1.54) is 10.6 Å². The highest BCUT2D eigenvalue weighted by Gasteiger charge is 2.19. The molecule has 4 rings (SSSR count). The third-order valence-corrected chi connectivity index (χ3v) is 7.24. The van der Waals surface area contributed by atoms with Crippen LogP contribution in [0.15, 0.2) is 47.3 Å². The highest BCUT2D eigenvalue weighted by molar-refractivity contribution is 7.07. The zero-order valence-corrected chi connectivity index (χ0v) is 21.1. The number of halogens is 1. The second-order valence-corrected chi connectivity index (χ2v) is 9.43. The van der Waals surface area contributed by atoms with E-state index in [0.29, 0.717) is 4.53 Å². The highest BCUT2D eigenvalue weighted by Crippen LogP contribution is 2.28. The van der Waals surface area contributed by atoms with Crippen LogP contribution >= 0.6 is 11.3 Å². The van der Waals surface area contributed by atoms with Crippen molar-refractivity contribution in [2.45, 2.75) is 26.3 Å². The number of nitrogens with one attached hydrogen (secondary N) is 2. The van der Waals surface area contributed by atoms with Crippen LogP contribution in [0.4, 0.5) is 15.8 Å². The molecule has 0 fully saturated rings. The summed E-state index contributed by atoms with van der Waals surface area (Å²) >= 11 is 1.05. The van der Waals surface area contributed by atoms with Gasteiger partial charge in [-0.05, 0) is 61.2 Å². The lowest BCUT2D eigenvalue weighted by Crippen LogP contribution is -2.34. The number of thiazole rings is 1. The smallest absolute Gasteiger partial charge is 0.270 e. The standard InChI is InChI=1S/C27H25FN6O2S/c1-2-34-26(36)24(37-27(34)22(16-30)25(35)31-11-10-29)17-32-21-5-3-4-18(14-21)8-12-33-13-9-19-15-20(28)6-7-23(19)33/h3-7,14-15,17,32H,2,8-9,11-13H2,1H3,(H,31,35)/b24-17+,27-22-. The molecule has 0 bridgehead atoms. The Morgan fingerprint density at radius 1 is 1.24 bits per heavy atom. The third-order valence-electron chi connectivity index (χ3n) is 6.11. The summed E-state index contributed by atoms with van der Waals surface area (Å²) in [4.78, 5) is 27.5. The van der Waals surface area contributed by atoms with E-state index in [4.69, 9.17) is 5.26 Å². The number of benzene rings is 2. The summed E-state index contributed by atoms with van der Waals surface area (Å²) in [6.07, 6.45) is 3.22.